The number of nitrogens with zero attached hydrogens (tertiary/aromatic N) is 3. The van der Waals surface area contributed by atoms with Crippen LogP contribution in [-0.4, -0.2) is 28.6 Å². The zero-order valence-electron chi connectivity index (χ0n) is 12.3. The molecular formula is C14H15N5O2S2. The van der Waals surface area contributed by atoms with Gasteiger partial charge in [-0.05, 0) is 47.4 Å². The smallest absolute Gasteiger partial charge is 0.259 e. The summed E-state index contributed by atoms with van der Waals surface area (Å²) in [7, 11) is -3.79. The molecule has 0 aliphatic carbocycles. The lowest BCUT2D eigenvalue weighted by Crippen LogP contribution is -2.31. The van der Waals surface area contributed by atoms with Gasteiger partial charge in [0.05, 0.1) is 11.7 Å². The molecule has 0 aliphatic rings. The highest BCUT2D eigenvalue weighted by Gasteiger charge is 2.25. The van der Waals surface area contributed by atoms with Crippen LogP contribution in [-0.2, 0) is 16.4 Å². The molecule has 3 aromatic rings. The Labute approximate surface area is 137 Å². The molecule has 0 fully saturated rings. The Kier molecular flexibility index (Phi) is 4.51. The maximum absolute atomic E-state index is 12.4. The third-order valence-electron chi connectivity index (χ3n) is 3.26. The lowest BCUT2D eigenvalue weighted by molar-refractivity contribution is 0.543. The molecule has 9 heteroatoms. The average molecular weight is 349 g/mol. The number of aromatic amines is 1. The van der Waals surface area contributed by atoms with E-state index in [0.29, 0.717) is 12.1 Å². The van der Waals surface area contributed by atoms with Crippen LogP contribution in [0.2, 0.25) is 0 Å². The van der Waals surface area contributed by atoms with E-state index in [9.17, 15) is 8.42 Å². The van der Waals surface area contributed by atoms with Gasteiger partial charge in [-0.3, -0.25) is 4.98 Å². The van der Waals surface area contributed by atoms with Gasteiger partial charge in [0.25, 0.3) is 15.2 Å². The summed E-state index contributed by atoms with van der Waals surface area (Å²) in [6, 6.07) is 5.22. The summed E-state index contributed by atoms with van der Waals surface area (Å²) in [5, 5.41) is 9.70. The zero-order chi connectivity index (χ0) is 16.3. The Morgan fingerprint density at radius 3 is 2.78 bits per heavy atom. The van der Waals surface area contributed by atoms with Crippen molar-refractivity contribution in [1.82, 2.24) is 24.9 Å². The summed E-state index contributed by atoms with van der Waals surface area (Å²) in [4.78, 5) is 8.07. The van der Waals surface area contributed by atoms with Crippen molar-refractivity contribution in [3.05, 3.63) is 58.3 Å². The van der Waals surface area contributed by atoms with Crippen molar-refractivity contribution in [2.45, 2.75) is 24.5 Å². The van der Waals surface area contributed by atoms with Crippen molar-refractivity contribution >= 4 is 21.4 Å². The first-order valence-electron chi connectivity index (χ1n) is 6.86. The summed E-state index contributed by atoms with van der Waals surface area (Å²) in [5.74, 6) is 0. The van der Waals surface area contributed by atoms with E-state index < -0.39 is 16.1 Å². The molecule has 23 heavy (non-hydrogen) atoms. The van der Waals surface area contributed by atoms with Crippen LogP contribution in [0.15, 0.2) is 46.6 Å². The molecule has 0 unspecified atom stereocenters. The highest BCUT2D eigenvalue weighted by molar-refractivity contribution is 7.89. The Morgan fingerprint density at radius 2 is 2.17 bits per heavy atom. The minimum absolute atomic E-state index is 0.208. The van der Waals surface area contributed by atoms with Crippen molar-refractivity contribution in [2.24, 2.45) is 0 Å². The third kappa shape index (κ3) is 3.81. The SMILES string of the molecule is Cc1ccc([C@H](Cc2ccsc2)NS(=O)(=O)c2ncn[nH]2)nc1. The molecule has 0 amide bonds. The maximum Gasteiger partial charge on any atom is 0.276 e. The number of rotatable bonds is 6. The van der Waals surface area contributed by atoms with Crippen molar-refractivity contribution in [2.75, 3.05) is 0 Å². The van der Waals surface area contributed by atoms with Crippen LogP contribution in [0.3, 0.4) is 0 Å². The number of pyridine rings is 1. The fraction of sp³-hybridized carbons (Fsp3) is 0.214. The van der Waals surface area contributed by atoms with Crippen molar-refractivity contribution in [3.63, 3.8) is 0 Å². The largest absolute Gasteiger partial charge is 0.276 e. The van der Waals surface area contributed by atoms with E-state index in [4.69, 9.17) is 0 Å². The van der Waals surface area contributed by atoms with Crippen LogP contribution in [0.25, 0.3) is 0 Å². The van der Waals surface area contributed by atoms with Gasteiger partial charge in [0.2, 0.25) is 0 Å². The second kappa shape index (κ2) is 6.57. The summed E-state index contributed by atoms with van der Waals surface area (Å²) in [6.45, 7) is 1.93. The zero-order valence-corrected chi connectivity index (χ0v) is 13.9. The van der Waals surface area contributed by atoms with Gasteiger partial charge in [-0.25, -0.2) is 18.5 Å². The first kappa shape index (κ1) is 15.8. The highest BCUT2D eigenvalue weighted by Crippen LogP contribution is 2.20. The Morgan fingerprint density at radius 1 is 1.30 bits per heavy atom. The van der Waals surface area contributed by atoms with E-state index in [1.165, 1.54) is 0 Å². The minimum atomic E-state index is -3.79. The normalized spacial score (nSPS) is 13.1. The molecule has 7 nitrogen and oxygen atoms in total. The van der Waals surface area contributed by atoms with Crippen molar-refractivity contribution in [3.8, 4) is 0 Å². The Hall–Kier alpha value is -2.10. The number of sulfonamides is 1. The molecule has 2 N–H and O–H groups in total. The van der Waals surface area contributed by atoms with Gasteiger partial charge in [0, 0.05) is 6.20 Å². The fourth-order valence-electron chi connectivity index (χ4n) is 2.10. The van der Waals surface area contributed by atoms with Crippen LogP contribution >= 0.6 is 11.3 Å². The van der Waals surface area contributed by atoms with E-state index in [2.05, 4.69) is 24.9 Å². The molecule has 0 saturated carbocycles. The molecule has 0 bridgehead atoms. The number of aromatic nitrogens is 4. The first-order chi connectivity index (χ1) is 11.0. The van der Waals surface area contributed by atoms with Gasteiger partial charge in [0.1, 0.15) is 6.33 Å². The summed E-state index contributed by atoms with van der Waals surface area (Å²) < 4.78 is 27.5. The molecular weight excluding hydrogens is 334 g/mol. The second-order valence-electron chi connectivity index (χ2n) is 5.06. The molecule has 3 rings (SSSR count). The monoisotopic (exact) mass is 349 g/mol. The van der Waals surface area contributed by atoms with Gasteiger partial charge in [-0.15, -0.1) is 0 Å². The molecule has 0 spiro atoms. The molecule has 0 saturated heterocycles. The summed E-state index contributed by atoms with van der Waals surface area (Å²) in [5.41, 5.74) is 2.72. The lowest BCUT2D eigenvalue weighted by atomic mass is 10.1. The van der Waals surface area contributed by atoms with E-state index in [1.807, 2.05) is 35.9 Å². The molecule has 3 heterocycles. The predicted octanol–water partition coefficient (Wildman–Crippen LogP) is 1.83. The predicted molar refractivity (Wildman–Crippen MR) is 86.4 cm³/mol. The van der Waals surface area contributed by atoms with Crippen LogP contribution < -0.4 is 4.72 Å². The number of hydrogen-bond acceptors (Lipinski definition) is 6. The van der Waals surface area contributed by atoms with Crippen LogP contribution in [0, 0.1) is 6.92 Å². The van der Waals surface area contributed by atoms with E-state index in [-0.39, 0.29) is 5.16 Å². The minimum Gasteiger partial charge on any atom is -0.259 e. The topological polar surface area (TPSA) is 101 Å². The van der Waals surface area contributed by atoms with Crippen molar-refractivity contribution in [1.29, 1.82) is 0 Å². The molecule has 3 aromatic heterocycles. The second-order valence-corrected chi connectivity index (χ2v) is 7.47. The van der Waals surface area contributed by atoms with Gasteiger partial charge in [-0.1, -0.05) is 6.07 Å². The standard InChI is InChI=1S/C14H15N5O2S2/c1-10-2-3-12(15-7-10)13(6-11-4-5-22-8-11)19-23(20,21)14-16-9-17-18-14/h2-5,7-9,13,19H,6H2,1H3,(H,16,17,18)/t13-/m0/s1. The molecule has 0 aliphatic heterocycles. The Balaban J connectivity index is 1.90. The quantitative estimate of drug-likeness (QED) is 0.707. The average Bonchev–Trinajstić information content (AvgIpc) is 3.21. The molecule has 120 valence electrons. The molecule has 1 atom stereocenters. The summed E-state index contributed by atoms with van der Waals surface area (Å²) >= 11 is 1.57. The molecule has 0 aromatic carbocycles. The van der Waals surface area contributed by atoms with E-state index in [0.717, 1.165) is 17.5 Å². The number of H-pyrrole nitrogens is 1. The number of thiophene rings is 1. The Bertz CT molecular complexity index is 843. The van der Waals surface area contributed by atoms with E-state index in [1.54, 1.807) is 17.5 Å². The third-order valence-corrected chi connectivity index (χ3v) is 5.29. The molecule has 0 radical (unpaired) electrons. The van der Waals surface area contributed by atoms with Gasteiger partial charge in [0.15, 0.2) is 0 Å². The highest BCUT2D eigenvalue weighted by atomic mass is 32.2. The lowest BCUT2D eigenvalue weighted by Gasteiger charge is -2.17. The first-order valence-corrected chi connectivity index (χ1v) is 9.28. The van der Waals surface area contributed by atoms with Crippen LogP contribution in [0.5, 0.6) is 0 Å². The van der Waals surface area contributed by atoms with Crippen LogP contribution in [0.4, 0.5) is 0 Å². The van der Waals surface area contributed by atoms with Crippen molar-refractivity contribution < 1.29 is 8.42 Å². The fourth-order valence-corrected chi connectivity index (χ4v) is 3.83. The van der Waals surface area contributed by atoms with Gasteiger partial charge in [-0.2, -0.15) is 21.2 Å². The van der Waals surface area contributed by atoms with Crippen LogP contribution in [0.1, 0.15) is 22.9 Å². The van der Waals surface area contributed by atoms with Gasteiger partial charge < -0.3 is 0 Å². The number of hydrogen-bond donors (Lipinski definition) is 2. The number of nitrogens with one attached hydrogen (secondary N) is 2. The van der Waals surface area contributed by atoms with E-state index >= 15 is 0 Å². The number of aryl methyl sites for hydroxylation is 1. The maximum atomic E-state index is 12.4. The summed E-state index contributed by atoms with van der Waals surface area (Å²) in [6.07, 6.45) is 3.39. The van der Waals surface area contributed by atoms with Gasteiger partial charge >= 0.3 is 0 Å².